The lowest BCUT2D eigenvalue weighted by atomic mass is 9.80. The average Bonchev–Trinajstić information content (AvgIpc) is 2.72. The van der Waals surface area contributed by atoms with Crippen LogP contribution in [-0.2, 0) is 0 Å². The van der Waals surface area contributed by atoms with E-state index in [0.29, 0.717) is 5.46 Å². The van der Waals surface area contributed by atoms with Gasteiger partial charge in [-0.15, -0.1) is 0 Å². The molecule has 112 valence electrons. The third-order valence-corrected chi connectivity index (χ3v) is 4.25. The second-order valence-corrected chi connectivity index (χ2v) is 5.65. The van der Waals surface area contributed by atoms with Crippen LogP contribution in [0.15, 0.2) is 60.7 Å². The summed E-state index contributed by atoms with van der Waals surface area (Å²) in [5.74, 6) is 0. The van der Waals surface area contributed by atoms with Crippen molar-refractivity contribution in [2.24, 2.45) is 0 Å². The summed E-state index contributed by atoms with van der Waals surface area (Å²) in [6.45, 7) is 0. The SMILES string of the molecule is OB(O)c1ccc(-n2c3c(c4ccccc42)=CC=CCC=3)cc1. The number of aromatic nitrogens is 1. The topological polar surface area (TPSA) is 45.4 Å². The standard InChI is InChI=1S/C19H16BNO2/c22-20(23)14-10-12-15(13-11-14)21-18-8-3-1-2-6-16(18)17-7-4-5-9-19(17)21/h1-2,4-13,22-23H,3H2. The minimum absolute atomic E-state index is 0.494. The van der Waals surface area contributed by atoms with Gasteiger partial charge in [0, 0.05) is 16.3 Å². The van der Waals surface area contributed by atoms with E-state index in [1.807, 2.05) is 18.2 Å². The molecule has 0 saturated heterocycles. The summed E-state index contributed by atoms with van der Waals surface area (Å²) in [7, 11) is -1.44. The normalized spacial score (nSPS) is 13.1. The van der Waals surface area contributed by atoms with Crippen molar-refractivity contribution in [3.05, 3.63) is 71.3 Å². The molecule has 1 aliphatic carbocycles. The van der Waals surface area contributed by atoms with Gasteiger partial charge in [0.25, 0.3) is 0 Å². The van der Waals surface area contributed by atoms with E-state index in [2.05, 4.69) is 47.1 Å². The third kappa shape index (κ3) is 2.33. The van der Waals surface area contributed by atoms with Crippen LogP contribution < -0.4 is 16.0 Å². The minimum atomic E-state index is -1.44. The lowest BCUT2D eigenvalue weighted by Gasteiger charge is -2.08. The first-order chi connectivity index (χ1) is 11.3. The molecule has 0 amide bonds. The van der Waals surface area contributed by atoms with E-state index < -0.39 is 7.12 Å². The summed E-state index contributed by atoms with van der Waals surface area (Å²) >= 11 is 0. The van der Waals surface area contributed by atoms with Crippen LogP contribution in [0.25, 0.3) is 28.7 Å². The summed E-state index contributed by atoms with van der Waals surface area (Å²) in [4.78, 5) is 0. The minimum Gasteiger partial charge on any atom is -0.423 e. The first kappa shape index (κ1) is 14.1. The Balaban J connectivity index is 2.05. The molecule has 3 aromatic rings. The van der Waals surface area contributed by atoms with Crippen LogP contribution in [0.1, 0.15) is 6.42 Å². The predicted molar refractivity (Wildman–Crippen MR) is 95.0 cm³/mol. The molecule has 3 nitrogen and oxygen atoms in total. The fraction of sp³-hybridized carbons (Fsp3) is 0.0526. The number of nitrogens with zero attached hydrogens (tertiary/aromatic N) is 1. The highest BCUT2D eigenvalue weighted by Gasteiger charge is 2.12. The van der Waals surface area contributed by atoms with E-state index in [-0.39, 0.29) is 0 Å². The van der Waals surface area contributed by atoms with Gasteiger partial charge in [-0.25, -0.2) is 0 Å². The Kier molecular flexibility index (Phi) is 3.41. The van der Waals surface area contributed by atoms with E-state index in [0.717, 1.165) is 17.6 Å². The van der Waals surface area contributed by atoms with Crippen molar-refractivity contribution in [1.29, 1.82) is 0 Å². The van der Waals surface area contributed by atoms with Crippen LogP contribution in [0.5, 0.6) is 0 Å². The molecule has 4 rings (SSSR count). The lowest BCUT2D eigenvalue weighted by Crippen LogP contribution is -2.30. The molecule has 2 aromatic carbocycles. The zero-order valence-corrected chi connectivity index (χ0v) is 12.6. The van der Waals surface area contributed by atoms with Crippen molar-refractivity contribution in [2.45, 2.75) is 6.42 Å². The van der Waals surface area contributed by atoms with Crippen molar-refractivity contribution >= 4 is 35.6 Å². The Bertz CT molecular complexity index is 1010. The second-order valence-electron chi connectivity index (χ2n) is 5.65. The Hall–Kier alpha value is -2.56. The molecule has 2 N–H and O–H groups in total. The van der Waals surface area contributed by atoms with E-state index in [4.69, 9.17) is 0 Å². The van der Waals surface area contributed by atoms with Crippen molar-refractivity contribution in [3.63, 3.8) is 0 Å². The number of benzene rings is 2. The summed E-state index contributed by atoms with van der Waals surface area (Å²) < 4.78 is 2.22. The summed E-state index contributed by atoms with van der Waals surface area (Å²) in [6, 6.07) is 15.7. The van der Waals surface area contributed by atoms with Crippen LogP contribution >= 0.6 is 0 Å². The van der Waals surface area contributed by atoms with E-state index in [1.54, 1.807) is 12.1 Å². The maximum Gasteiger partial charge on any atom is 0.488 e. The van der Waals surface area contributed by atoms with Crippen LogP contribution in [0.4, 0.5) is 0 Å². The molecule has 0 atom stereocenters. The molecule has 1 aromatic heterocycles. The third-order valence-electron chi connectivity index (χ3n) is 4.25. The zero-order chi connectivity index (χ0) is 15.8. The number of fused-ring (bicyclic) bond motifs is 3. The van der Waals surface area contributed by atoms with Crippen LogP contribution in [0.3, 0.4) is 0 Å². The fourth-order valence-electron chi connectivity index (χ4n) is 3.16. The first-order valence-corrected chi connectivity index (χ1v) is 7.69. The van der Waals surface area contributed by atoms with Gasteiger partial charge in [0.2, 0.25) is 0 Å². The monoisotopic (exact) mass is 301 g/mol. The highest BCUT2D eigenvalue weighted by molar-refractivity contribution is 6.58. The van der Waals surface area contributed by atoms with Crippen molar-refractivity contribution in [2.75, 3.05) is 0 Å². The molecular formula is C19H16BNO2. The maximum absolute atomic E-state index is 9.28. The number of allylic oxidation sites excluding steroid dienone is 2. The molecule has 0 radical (unpaired) electrons. The molecule has 0 fully saturated rings. The number of hydrogen-bond acceptors (Lipinski definition) is 2. The fourth-order valence-corrected chi connectivity index (χ4v) is 3.16. The van der Waals surface area contributed by atoms with Gasteiger partial charge in [0.05, 0.1) is 10.9 Å². The number of para-hydroxylation sites is 1. The molecule has 1 aliphatic rings. The molecular weight excluding hydrogens is 285 g/mol. The lowest BCUT2D eigenvalue weighted by molar-refractivity contribution is 0.426. The smallest absolute Gasteiger partial charge is 0.423 e. The van der Waals surface area contributed by atoms with Gasteiger partial charge < -0.3 is 14.6 Å². The molecule has 0 spiro atoms. The molecule has 4 heteroatoms. The highest BCUT2D eigenvalue weighted by atomic mass is 16.4. The van der Waals surface area contributed by atoms with Gasteiger partial charge in [-0.1, -0.05) is 54.6 Å². The van der Waals surface area contributed by atoms with E-state index in [1.165, 1.54) is 16.0 Å². The maximum atomic E-state index is 9.28. The van der Waals surface area contributed by atoms with Crippen LogP contribution in [-0.4, -0.2) is 21.7 Å². The zero-order valence-electron chi connectivity index (χ0n) is 12.6. The highest BCUT2D eigenvalue weighted by Crippen LogP contribution is 2.14. The molecule has 0 aliphatic heterocycles. The van der Waals surface area contributed by atoms with Crippen LogP contribution in [0, 0.1) is 0 Å². The largest absolute Gasteiger partial charge is 0.488 e. The van der Waals surface area contributed by atoms with Gasteiger partial charge in [-0.2, -0.15) is 0 Å². The molecule has 0 unspecified atom stereocenters. The predicted octanol–water partition coefficient (Wildman–Crippen LogP) is 0.831. The molecule has 1 heterocycles. The van der Waals surface area contributed by atoms with Gasteiger partial charge >= 0.3 is 7.12 Å². The summed E-state index contributed by atoms with van der Waals surface area (Å²) in [6.07, 6.45) is 9.52. The van der Waals surface area contributed by atoms with Gasteiger partial charge in [-0.05, 0) is 30.1 Å². The van der Waals surface area contributed by atoms with E-state index >= 15 is 0 Å². The molecule has 0 bridgehead atoms. The first-order valence-electron chi connectivity index (χ1n) is 7.69. The summed E-state index contributed by atoms with van der Waals surface area (Å²) in [5, 5.41) is 22.2. The Labute approximate surface area is 134 Å². The molecule has 0 saturated carbocycles. The Morgan fingerprint density at radius 1 is 0.957 bits per heavy atom. The van der Waals surface area contributed by atoms with Crippen LogP contribution in [0.2, 0.25) is 0 Å². The van der Waals surface area contributed by atoms with E-state index in [9.17, 15) is 10.0 Å². The molecule has 23 heavy (non-hydrogen) atoms. The second kappa shape index (κ2) is 5.58. The van der Waals surface area contributed by atoms with Gasteiger partial charge in [0.1, 0.15) is 0 Å². The summed E-state index contributed by atoms with van der Waals surface area (Å²) in [5.41, 5.74) is 2.66. The Morgan fingerprint density at radius 2 is 1.74 bits per heavy atom. The van der Waals surface area contributed by atoms with Crippen molar-refractivity contribution in [1.82, 2.24) is 4.57 Å². The van der Waals surface area contributed by atoms with Gasteiger partial charge in [0.15, 0.2) is 0 Å². The van der Waals surface area contributed by atoms with Gasteiger partial charge in [-0.3, -0.25) is 0 Å². The Morgan fingerprint density at radius 3 is 2.52 bits per heavy atom. The number of rotatable bonds is 2. The number of hydrogen-bond donors (Lipinski definition) is 2. The quantitative estimate of drug-likeness (QED) is 0.689. The van der Waals surface area contributed by atoms with Crippen molar-refractivity contribution in [3.8, 4) is 5.69 Å². The van der Waals surface area contributed by atoms with Crippen molar-refractivity contribution < 1.29 is 10.0 Å². The average molecular weight is 301 g/mol.